The smallest absolute Gasteiger partial charge is 0.351 e. The number of likely N-dealkylation sites (N-methyl/N-ethyl adjacent to an activating group) is 1. The van der Waals surface area contributed by atoms with Gasteiger partial charge in [0.15, 0.2) is 0 Å². The van der Waals surface area contributed by atoms with E-state index >= 15 is 0 Å². The minimum absolute atomic E-state index is 0.0114. The first-order valence-electron chi connectivity index (χ1n) is 5.92. The fraction of sp³-hybridized carbons (Fsp3) is 0.462. The Morgan fingerprint density at radius 3 is 2.40 bits per heavy atom. The molecular weight excluding hydrogens is 276 g/mol. The average Bonchev–Trinajstić information content (AvgIpc) is 2.34. The Labute approximate surface area is 114 Å². The van der Waals surface area contributed by atoms with Crippen molar-refractivity contribution in [3.05, 3.63) is 35.1 Å². The molecule has 0 aliphatic carbocycles. The van der Waals surface area contributed by atoms with Crippen molar-refractivity contribution in [3.8, 4) is 0 Å². The van der Waals surface area contributed by atoms with Crippen molar-refractivity contribution in [2.75, 3.05) is 14.1 Å². The maximum Gasteiger partial charge on any atom is 0.416 e. The SMILES string of the molecule is C[C@H](C(=O)NCc1ccc(C(F)(F)F)cc1F)N(C)C. The number of benzene rings is 1. The maximum absolute atomic E-state index is 13.5. The highest BCUT2D eigenvalue weighted by atomic mass is 19.4. The van der Waals surface area contributed by atoms with E-state index in [4.69, 9.17) is 0 Å². The zero-order chi connectivity index (χ0) is 15.5. The Hall–Kier alpha value is -1.63. The summed E-state index contributed by atoms with van der Waals surface area (Å²) in [7, 11) is 3.42. The zero-order valence-corrected chi connectivity index (χ0v) is 11.4. The van der Waals surface area contributed by atoms with Crippen LogP contribution in [-0.2, 0) is 17.5 Å². The summed E-state index contributed by atoms with van der Waals surface area (Å²) >= 11 is 0. The number of nitrogens with zero attached hydrogens (tertiary/aromatic N) is 1. The Morgan fingerprint density at radius 1 is 1.35 bits per heavy atom. The van der Waals surface area contributed by atoms with Gasteiger partial charge in [0.2, 0.25) is 5.91 Å². The highest BCUT2D eigenvalue weighted by molar-refractivity contribution is 5.81. The second kappa shape index (κ2) is 6.21. The third kappa shape index (κ3) is 4.19. The third-order valence-corrected chi connectivity index (χ3v) is 2.99. The number of hydrogen-bond acceptors (Lipinski definition) is 2. The molecular formula is C13H16F4N2O. The molecule has 0 fully saturated rings. The van der Waals surface area contributed by atoms with Crippen LogP contribution in [0.1, 0.15) is 18.1 Å². The molecule has 0 aromatic heterocycles. The Kier molecular flexibility index (Phi) is 5.10. The lowest BCUT2D eigenvalue weighted by Gasteiger charge is -2.19. The van der Waals surface area contributed by atoms with Gasteiger partial charge in [-0.1, -0.05) is 6.07 Å². The van der Waals surface area contributed by atoms with Crippen molar-refractivity contribution in [2.45, 2.75) is 25.7 Å². The third-order valence-electron chi connectivity index (χ3n) is 2.99. The monoisotopic (exact) mass is 292 g/mol. The summed E-state index contributed by atoms with van der Waals surface area (Å²) in [5, 5.41) is 2.48. The molecule has 1 aromatic rings. The molecule has 0 radical (unpaired) electrons. The van der Waals surface area contributed by atoms with Crippen LogP contribution in [0.2, 0.25) is 0 Å². The minimum Gasteiger partial charge on any atom is -0.351 e. The number of hydrogen-bond donors (Lipinski definition) is 1. The molecule has 0 spiro atoms. The number of halogens is 4. The van der Waals surface area contributed by atoms with Crippen LogP contribution in [0.5, 0.6) is 0 Å². The molecule has 3 nitrogen and oxygen atoms in total. The maximum atomic E-state index is 13.5. The van der Waals surface area contributed by atoms with Crippen LogP contribution in [0.4, 0.5) is 17.6 Å². The molecule has 0 heterocycles. The minimum atomic E-state index is -4.58. The number of alkyl halides is 3. The second-order valence-corrected chi connectivity index (χ2v) is 4.66. The van der Waals surface area contributed by atoms with Crippen molar-refractivity contribution >= 4 is 5.91 Å². The van der Waals surface area contributed by atoms with Gasteiger partial charge in [-0.15, -0.1) is 0 Å². The van der Waals surface area contributed by atoms with Gasteiger partial charge in [0.25, 0.3) is 0 Å². The molecule has 20 heavy (non-hydrogen) atoms. The van der Waals surface area contributed by atoms with E-state index in [0.717, 1.165) is 12.1 Å². The van der Waals surface area contributed by atoms with Crippen LogP contribution in [0, 0.1) is 5.82 Å². The van der Waals surface area contributed by atoms with Crippen molar-refractivity contribution in [3.63, 3.8) is 0 Å². The van der Waals surface area contributed by atoms with Gasteiger partial charge in [-0.3, -0.25) is 9.69 Å². The molecule has 1 atom stereocenters. The highest BCUT2D eigenvalue weighted by Crippen LogP contribution is 2.30. The summed E-state index contributed by atoms with van der Waals surface area (Å²) in [6.45, 7) is 1.51. The molecule has 0 saturated heterocycles. The quantitative estimate of drug-likeness (QED) is 0.864. The van der Waals surface area contributed by atoms with Crippen LogP contribution in [0.15, 0.2) is 18.2 Å². The lowest BCUT2D eigenvalue weighted by molar-refractivity contribution is -0.137. The van der Waals surface area contributed by atoms with Gasteiger partial charge in [-0.25, -0.2) is 4.39 Å². The van der Waals surface area contributed by atoms with Crippen LogP contribution in [0.3, 0.4) is 0 Å². The Balaban J connectivity index is 2.73. The molecule has 7 heteroatoms. The summed E-state index contributed by atoms with van der Waals surface area (Å²) in [4.78, 5) is 13.3. The standard InChI is InChI=1S/C13H16F4N2O/c1-8(19(2)3)12(20)18-7-9-4-5-10(6-11(9)14)13(15,16)17/h4-6,8H,7H2,1-3H3,(H,18,20)/t8-/m1/s1. The van der Waals surface area contributed by atoms with Gasteiger partial charge < -0.3 is 5.32 Å². The van der Waals surface area contributed by atoms with Gasteiger partial charge in [0, 0.05) is 12.1 Å². The second-order valence-electron chi connectivity index (χ2n) is 4.66. The number of amides is 1. The van der Waals surface area contributed by atoms with E-state index in [0.29, 0.717) is 6.07 Å². The predicted molar refractivity (Wildman–Crippen MR) is 66.4 cm³/mol. The van der Waals surface area contributed by atoms with E-state index in [9.17, 15) is 22.4 Å². The largest absolute Gasteiger partial charge is 0.416 e. The summed E-state index contributed by atoms with van der Waals surface area (Å²) in [6, 6.07) is 1.84. The lowest BCUT2D eigenvalue weighted by atomic mass is 10.1. The molecule has 1 aromatic carbocycles. The van der Waals surface area contributed by atoms with Crippen LogP contribution < -0.4 is 5.32 Å². The fourth-order valence-corrected chi connectivity index (χ4v) is 1.43. The van der Waals surface area contributed by atoms with Crippen molar-refractivity contribution in [1.82, 2.24) is 10.2 Å². The Bertz CT molecular complexity index is 486. The van der Waals surface area contributed by atoms with E-state index < -0.39 is 23.6 Å². The number of carbonyl (C=O) groups is 1. The molecule has 0 saturated carbocycles. The van der Waals surface area contributed by atoms with E-state index in [2.05, 4.69) is 5.32 Å². The predicted octanol–water partition coefficient (Wildman–Crippen LogP) is 2.41. The normalized spacial score (nSPS) is 13.4. The summed E-state index contributed by atoms with van der Waals surface area (Å²) in [5.41, 5.74) is -1.04. The van der Waals surface area contributed by atoms with Crippen LogP contribution in [0.25, 0.3) is 0 Å². The number of rotatable bonds is 4. The van der Waals surface area contributed by atoms with Crippen molar-refractivity contribution < 1.29 is 22.4 Å². The summed E-state index contributed by atoms with van der Waals surface area (Å²) < 4.78 is 50.6. The molecule has 0 aliphatic rings. The van der Waals surface area contributed by atoms with E-state index in [-0.39, 0.29) is 18.0 Å². The lowest BCUT2D eigenvalue weighted by Crippen LogP contribution is -2.41. The number of carbonyl (C=O) groups excluding carboxylic acids is 1. The van der Waals surface area contributed by atoms with Crippen molar-refractivity contribution in [1.29, 1.82) is 0 Å². The molecule has 1 rings (SSSR count). The fourth-order valence-electron chi connectivity index (χ4n) is 1.43. The van der Waals surface area contributed by atoms with Gasteiger partial charge in [-0.2, -0.15) is 13.2 Å². The van der Waals surface area contributed by atoms with E-state index in [1.807, 2.05) is 0 Å². The molecule has 0 bridgehead atoms. The first-order chi connectivity index (χ1) is 9.12. The Morgan fingerprint density at radius 2 is 1.95 bits per heavy atom. The van der Waals surface area contributed by atoms with Crippen LogP contribution in [-0.4, -0.2) is 30.9 Å². The first kappa shape index (κ1) is 16.4. The van der Waals surface area contributed by atoms with Crippen molar-refractivity contribution in [2.24, 2.45) is 0 Å². The molecule has 1 amide bonds. The van der Waals surface area contributed by atoms with Gasteiger partial charge in [-0.05, 0) is 33.2 Å². The summed E-state index contributed by atoms with van der Waals surface area (Å²) in [6.07, 6.45) is -4.58. The molecule has 112 valence electrons. The van der Waals surface area contributed by atoms with E-state index in [1.165, 1.54) is 0 Å². The molecule has 1 N–H and O–H groups in total. The van der Waals surface area contributed by atoms with Gasteiger partial charge in [0.1, 0.15) is 5.82 Å². The molecule has 0 aliphatic heterocycles. The van der Waals surface area contributed by atoms with Gasteiger partial charge >= 0.3 is 6.18 Å². The van der Waals surface area contributed by atoms with Gasteiger partial charge in [0.05, 0.1) is 11.6 Å². The number of nitrogens with one attached hydrogen (secondary N) is 1. The topological polar surface area (TPSA) is 32.3 Å². The summed E-state index contributed by atoms with van der Waals surface area (Å²) in [5.74, 6) is -1.31. The zero-order valence-electron chi connectivity index (χ0n) is 11.4. The van der Waals surface area contributed by atoms with Crippen LogP contribution >= 0.6 is 0 Å². The first-order valence-corrected chi connectivity index (χ1v) is 5.92. The highest BCUT2D eigenvalue weighted by Gasteiger charge is 2.31. The van der Waals surface area contributed by atoms with E-state index in [1.54, 1.807) is 25.9 Å². The molecule has 0 unspecified atom stereocenters. The average molecular weight is 292 g/mol.